The van der Waals surface area contributed by atoms with Gasteiger partial charge in [-0.15, -0.1) is 0 Å². The predicted octanol–water partition coefficient (Wildman–Crippen LogP) is 6.27. The molecule has 9 heteroatoms. The Balaban J connectivity index is 1.71. The standard InChI is InChI=1S/C33H40ClN3O4S/c1-4-26-12-9-11-17-31(26)37(42(40,41)29-20-18-24(2)19-21-29)23-32(38)36(22-27-13-8-10-16-30(27)34)25(3)33(39)35-28-14-6-5-7-15-28/h8-13,16-21,25,28H,4-7,14-15,22-23H2,1-3H3,(H,35,39). The normalized spacial score (nSPS) is 14.7. The van der Waals surface area contributed by atoms with Crippen molar-refractivity contribution in [3.63, 3.8) is 0 Å². The number of amides is 2. The topological polar surface area (TPSA) is 86.8 Å². The van der Waals surface area contributed by atoms with Crippen LogP contribution < -0.4 is 9.62 Å². The molecule has 0 aliphatic heterocycles. The van der Waals surface area contributed by atoms with Crippen LogP contribution in [0.2, 0.25) is 5.02 Å². The Morgan fingerprint density at radius 2 is 1.55 bits per heavy atom. The lowest BCUT2D eigenvalue weighted by atomic mass is 9.95. The van der Waals surface area contributed by atoms with Crippen LogP contribution in [0.3, 0.4) is 0 Å². The Kier molecular flexibility index (Phi) is 10.7. The molecule has 0 bridgehead atoms. The third-order valence-corrected chi connectivity index (χ3v) is 10.1. The van der Waals surface area contributed by atoms with E-state index in [1.807, 2.05) is 38.1 Å². The summed E-state index contributed by atoms with van der Waals surface area (Å²) in [4.78, 5) is 29.2. The highest BCUT2D eigenvalue weighted by atomic mass is 35.5. The van der Waals surface area contributed by atoms with Gasteiger partial charge in [-0.2, -0.15) is 0 Å². The predicted molar refractivity (Wildman–Crippen MR) is 168 cm³/mol. The first kappa shape index (κ1) is 31.6. The lowest BCUT2D eigenvalue weighted by Gasteiger charge is -2.34. The maximum absolute atomic E-state index is 14.2. The summed E-state index contributed by atoms with van der Waals surface area (Å²) >= 11 is 6.47. The van der Waals surface area contributed by atoms with E-state index in [2.05, 4.69) is 5.32 Å². The van der Waals surface area contributed by atoms with E-state index in [1.165, 1.54) is 9.21 Å². The number of halogens is 1. The van der Waals surface area contributed by atoms with Crippen molar-refractivity contribution in [3.8, 4) is 0 Å². The zero-order chi connectivity index (χ0) is 30.3. The molecule has 0 spiro atoms. The van der Waals surface area contributed by atoms with E-state index in [-0.39, 0.29) is 23.4 Å². The minimum Gasteiger partial charge on any atom is -0.352 e. The van der Waals surface area contributed by atoms with Crippen LogP contribution in [-0.2, 0) is 32.6 Å². The van der Waals surface area contributed by atoms with Gasteiger partial charge in [0.25, 0.3) is 10.0 Å². The summed E-state index contributed by atoms with van der Waals surface area (Å²) < 4.78 is 29.4. The molecule has 1 aliphatic rings. The molecule has 1 aliphatic carbocycles. The molecule has 2 amide bonds. The highest BCUT2D eigenvalue weighted by Crippen LogP contribution is 2.29. The Morgan fingerprint density at radius 3 is 2.19 bits per heavy atom. The molecule has 4 rings (SSSR count). The number of benzene rings is 3. The van der Waals surface area contributed by atoms with Crippen LogP contribution in [0.4, 0.5) is 5.69 Å². The Labute approximate surface area is 254 Å². The van der Waals surface area contributed by atoms with Crippen LogP contribution in [0.1, 0.15) is 62.6 Å². The highest BCUT2D eigenvalue weighted by molar-refractivity contribution is 7.92. The molecule has 1 unspecified atom stereocenters. The molecule has 0 aromatic heterocycles. The lowest BCUT2D eigenvalue weighted by molar-refractivity contribution is -0.139. The second kappa shape index (κ2) is 14.2. The minimum absolute atomic E-state index is 0.0611. The Morgan fingerprint density at radius 1 is 0.929 bits per heavy atom. The number of anilines is 1. The molecule has 0 heterocycles. The first-order valence-electron chi connectivity index (χ1n) is 14.6. The second-order valence-corrected chi connectivity index (χ2v) is 13.2. The van der Waals surface area contributed by atoms with E-state index in [0.717, 1.165) is 43.2 Å². The largest absolute Gasteiger partial charge is 0.352 e. The molecule has 1 atom stereocenters. The number of nitrogens with zero attached hydrogens (tertiary/aromatic N) is 2. The van der Waals surface area contributed by atoms with Gasteiger partial charge in [0, 0.05) is 17.6 Å². The molecule has 1 fully saturated rings. The quantitative estimate of drug-likeness (QED) is 0.277. The molecule has 0 saturated heterocycles. The maximum atomic E-state index is 14.2. The average molecular weight is 610 g/mol. The fourth-order valence-corrected chi connectivity index (χ4v) is 7.01. The van der Waals surface area contributed by atoms with E-state index in [0.29, 0.717) is 22.7 Å². The van der Waals surface area contributed by atoms with Gasteiger partial charge in [0.05, 0.1) is 10.6 Å². The summed E-state index contributed by atoms with van der Waals surface area (Å²) in [7, 11) is -4.12. The zero-order valence-corrected chi connectivity index (χ0v) is 26.1. The maximum Gasteiger partial charge on any atom is 0.264 e. The van der Waals surface area contributed by atoms with Gasteiger partial charge in [-0.05, 0) is 68.5 Å². The van der Waals surface area contributed by atoms with E-state index in [4.69, 9.17) is 11.6 Å². The van der Waals surface area contributed by atoms with Crippen LogP contribution in [0, 0.1) is 6.92 Å². The number of hydrogen-bond donors (Lipinski definition) is 1. The van der Waals surface area contributed by atoms with Crippen molar-refractivity contribution in [1.82, 2.24) is 10.2 Å². The van der Waals surface area contributed by atoms with Crippen molar-refractivity contribution in [1.29, 1.82) is 0 Å². The van der Waals surface area contributed by atoms with Crippen molar-refractivity contribution in [2.75, 3.05) is 10.8 Å². The van der Waals surface area contributed by atoms with Gasteiger partial charge in [-0.3, -0.25) is 13.9 Å². The lowest BCUT2D eigenvalue weighted by Crippen LogP contribution is -2.53. The summed E-state index contributed by atoms with van der Waals surface area (Å²) in [5, 5.41) is 3.59. The summed E-state index contributed by atoms with van der Waals surface area (Å²) in [6, 6.07) is 20.2. The van der Waals surface area contributed by atoms with Gasteiger partial charge in [-0.1, -0.05) is 91.9 Å². The molecule has 7 nitrogen and oxygen atoms in total. The number of carbonyl (C=O) groups excluding carboxylic acids is 2. The summed E-state index contributed by atoms with van der Waals surface area (Å²) in [5.74, 6) is -0.757. The molecule has 1 N–H and O–H groups in total. The third-order valence-electron chi connectivity index (χ3n) is 7.95. The van der Waals surface area contributed by atoms with Crippen LogP contribution in [0.15, 0.2) is 77.7 Å². The highest BCUT2D eigenvalue weighted by Gasteiger charge is 2.34. The van der Waals surface area contributed by atoms with E-state index in [9.17, 15) is 18.0 Å². The molecule has 1 saturated carbocycles. The smallest absolute Gasteiger partial charge is 0.264 e. The van der Waals surface area contributed by atoms with Gasteiger partial charge in [0.2, 0.25) is 11.8 Å². The second-order valence-electron chi connectivity index (χ2n) is 10.9. The number of para-hydroxylation sites is 1. The van der Waals surface area contributed by atoms with Gasteiger partial charge in [0.1, 0.15) is 12.6 Å². The molecule has 3 aromatic rings. The summed E-state index contributed by atoms with van der Waals surface area (Å²) in [6.45, 7) is 5.10. The molecule has 42 heavy (non-hydrogen) atoms. The zero-order valence-electron chi connectivity index (χ0n) is 24.6. The first-order chi connectivity index (χ1) is 20.1. The Bertz CT molecular complexity index is 1490. The van der Waals surface area contributed by atoms with Gasteiger partial charge in [-0.25, -0.2) is 8.42 Å². The number of rotatable bonds is 11. The Hall–Kier alpha value is -3.36. The van der Waals surface area contributed by atoms with Crippen LogP contribution in [0.25, 0.3) is 0 Å². The van der Waals surface area contributed by atoms with Crippen LogP contribution in [-0.4, -0.2) is 43.8 Å². The number of sulfonamides is 1. The number of nitrogens with one attached hydrogen (secondary N) is 1. The van der Waals surface area contributed by atoms with Crippen LogP contribution >= 0.6 is 11.6 Å². The van der Waals surface area contributed by atoms with Crippen molar-refractivity contribution in [3.05, 3.63) is 94.5 Å². The minimum atomic E-state index is -4.12. The molecular weight excluding hydrogens is 570 g/mol. The van der Waals surface area contributed by atoms with E-state index in [1.54, 1.807) is 55.5 Å². The fraction of sp³-hybridized carbons (Fsp3) is 0.394. The fourth-order valence-electron chi connectivity index (χ4n) is 5.37. The molecular formula is C33H40ClN3O4S. The van der Waals surface area contributed by atoms with Crippen molar-refractivity contribution in [2.24, 2.45) is 0 Å². The average Bonchev–Trinajstić information content (AvgIpc) is 2.99. The van der Waals surface area contributed by atoms with E-state index >= 15 is 0 Å². The molecule has 0 radical (unpaired) electrons. The van der Waals surface area contributed by atoms with Gasteiger partial charge in [0.15, 0.2) is 0 Å². The number of carbonyl (C=O) groups is 2. The van der Waals surface area contributed by atoms with Gasteiger partial charge < -0.3 is 10.2 Å². The van der Waals surface area contributed by atoms with Crippen molar-refractivity contribution >= 4 is 39.1 Å². The molecule has 3 aromatic carbocycles. The SMILES string of the molecule is CCc1ccccc1N(CC(=O)N(Cc1ccccc1Cl)C(C)C(=O)NC1CCCCC1)S(=O)(=O)c1ccc(C)cc1. The third kappa shape index (κ3) is 7.53. The van der Waals surface area contributed by atoms with E-state index < -0.39 is 28.5 Å². The first-order valence-corrected chi connectivity index (χ1v) is 16.4. The molecule has 224 valence electrons. The monoisotopic (exact) mass is 609 g/mol. The van der Waals surface area contributed by atoms with Crippen molar-refractivity contribution in [2.45, 2.75) is 82.8 Å². The number of aryl methyl sites for hydroxylation is 2. The summed E-state index contributed by atoms with van der Waals surface area (Å²) in [6.07, 6.45) is 5.67. The van der Waals surface area contributed by atoms with Crippen LogP contribution in [0.5, 0.6) is 0 Å². The number of hydrogen-bond acceptors (Lipinski definition) is 4. The summed E-state index contributed by atoms with van der Waals surface area (Å²) in [5.41, 5.74) is 2.83. The van der Waals surface area contributed by atoms with Crippen molar-refractivity contribution < 1.29 is 18.0 Å². The van der Waals surface area contributed by atoms with Gasteiger partial charge >= 0.3 is 0 Å².